The fourth-order valence-corrected chi connectivity index (χ4v) is 5.24. The molecule has 1 aromatic heterocycles. The predicted molar refractivity (Wildman–Crippen MR) is 108 cm³/mol. The van der Waals surface area contributed by atoms with Crippen molar-refractivity contribution in [1.29, 1.82) is 0 Å². The van der Waals surface area contributed by atoms with Crippen LogP contribution in [0.5, 0.6) is 0 Å². The third-order valence-electron chi connectivity index (χ3n) is 4.59. The summed E-state index contributed by atoms with van der Waals surface area (Å²) in [6.45, 7) is 3.77. The van der Waals surface area contributed by atoms with E-state index in [4.69, 9.17) is 4.74 Å². The van der Waals surface area contributed by atoms with Crippen LogP contribution in [0.3, 0.4) is 0 Å². The summed E-state index contributed by atoms with van der Waals surface area (Å²) in [7, 11) is -3.48. The predicted octanol–water partition coefficient (Wildman–Crippen LogP) is 4.08. The van der Waals surface area contributed by atoms with Gasteiger partial charge in [0.2, 0.25) is 10.0 Å². The third kappa shape index (κ3) is 5.27. The van der Waals surface area contributed by atoms with Gasteiger partial charge in [-0.1, -0.05) is 35.9 Å². The third-order valence-corrected chi connectivity index (χ3v) is 7.14. The van der Waals surface area contributed by atoms with E-state index in [0.717, 1.165) is 30.4 Å². The lowest BCUT2D eigenvalue weighted by atomic mass is 10.1. The van der Waals surface area contributed by atoms with Gasteiger partial charge < -0.3 is 4.74 Å². The number of benzene rings is 1. The summed E-state index contributed by atoms with van der Waals surface area (Å²) in [6, 6.07) is 11.9. The van der Waals surface area contributed by atoms with Crippen molar-refractivity contribution in [2.75, 3.05) is 19.8 Å². The molecule has 0 atom stereocenters. The second kappa shape index (κ2) is 8.95. The lowest BCUT2D eigenvalue weighted by Gasteiger charge is -2.32. The quantitative estimate of drug-likeness (QED) is 0.714. The molecule has 0 unspecified atom stereocenters. The van der Waals surface area contributed by atoms with Crippen LogP contribution >= 0.6 is 11.3 Å². The Balaban J connectivity index is 1.77. The number of hydrogen-bond acceptors (Lipinski definition) is 4. The van der Waals surface area contributed by atoms with Gasteiger partial charge in [-0.25, -0.2) is 8.42 Å². The summed E-state index contributed by atoms with van der Waals surface area (Å²) in [5.74, 6) is 0. The van der Waals surface area contributed by atoms with Gasteiger partial charge in [-0.05, 0) is 49.3 Å². The molecule has 140 valence electrons. The molecule has 0 spiro atoms. The molecular formula is C20H25NO3S2. The van der Waals surface area contributed by atoms with E-state index in [-0.39, 0.29) is 6.04 Å². The maximum absolute atomic E-state index is 13.0. The van der Waals surface area contributed by atoms with Gasteiger partial charge in [0.1, 0.15) is 0 Å². The van der Waals surface area contributed by atoms with Crippen LogP contribution in [0, 0.1) is 6.92 Å². The van der Waals surface area contributed by atoms with Gasteiger partial charge in [0, 0.05) is 36.1 Å². The van der Waals surface area contributed by atoms with E-state index in [0.29, 0.717) is 19.8 Å². The highest BCUT2D eigenvalue weighted by Gasteiger charge is 2.29. The zero-order chi connectivity index (χ0) is 18.4. The summed E-state index contributed by atoms with van der Waals surface area (Å²) < 4.78 is 33.1. The van der Waals surface area contributed by atoms with Gasteiger partial charge in [-0.15, -0.1) is 11.3 Å². The van der Waals surface area contributed by atoms with E-state index < -0.39 is 10.0 Å². The maximum Gasteiger partial charge on any atom is 0.236 e. The molecule has 0 aliphatic carbocycles. The van der Waals surface area contributed by atoms with E-state index in [1.165, 1.54) is 10.3 Å². The van der Waals surface area contributed by atoms with Crippen LogP contribution in [0.2, 0.25) is 0 Å². The maximum atomic E-state index is 13.0. The van der Waals surface area contributed by atoms with Crippen molar-refractivity contribution in [1.82, 2.24) is 4.31 Å². The first-order valence-electron chi connectivity index (χ1n) is 8.91. The molecule has 1 aromatic carbocycles. The van der Waals surface area contributed by atoms with Gasteiger partial charge in [0.05, 0.1) is 0 Å². The van der Waals surface area contributed by atoms with E-state index >= 15 is 0 Å². The minimum Gasteiger partial charge on any atom is -0.381 e. The summed E-state index contributed by atoms with van der Waals surface area (Å²) in [4.78, 5) is 1.21. The Morgan fingerprint density at radius 3 is 2.58 bits per heavy atom. The highest BCUT2D eigenvalue weighted by molar-refractivity contribution is 7.92. The van der Waals surface area contributed by atoms with Crippen molar-refractivity contribution in [3.05, 3.63) is 63.2 Å². The molecule has 2 aromatic rings. The molecular weight excluding hydrogens is 366 g/mol. The van der Waals surface area contributed by atoms with Crippen LogP contribution < -0.4 is 0 Å². The van der Waals surface area contributed by atoms with E-state index in [1.807, 2.05) is 42.6 Å². The first-order chi connectivity index (χ1) is 12.5. The molecule has 0 N–H and O–H groups in total. The Labute approximate surface area is 160 Å². The second-order valence-electron chi connectivity index (χ2n) is 6.54. The van der Waals surface area contributed by atoms with Crippen LogP contribution in [0.15, 0.2) is 47.2 Å². The SMILES string of the molecule is Cc1ccc(/C=C/S(=O)(=O)N(CCc2cccs2)C2CCOCC2)cc1. The fourth-order valence-electron chi connectivity index (χ4n) is 3.09. The summed E-state index contributed by atoms with van der Waals surface area (Å²) in [5.41, 5.74) is 2.05. The number of aryl methyl sites for hydroxylation is 1. The Bertz CT molecular complexity index is 805. The number of thiophene rings is 1. The molecule has 1 aliphatic heterocycles. The Hall–Kier alpha value is -1.47. The zero-order valence-electron chi connectivity index (χ0n) is 15.0. The lowest BCUT2D eigenvalue weighted by Crippen LogP contribution is -2.43. The number of sulfonamides is 1. The fraction of sp³-hybridized carbons (Fsp3) is 0.400. The Kier molecular flexibility index (Phi) is 6.64. The Morgan fingerprint density at radius 2 is 1.92 bits per heavy atom. The van der Waals surface area contributed by atoms with Crippen molar-refractivity contribution < 1.29 is 13.2 Å². The zero-order valence-corrected chi connectivity index (χ0v) is 16.6. The molecule has 2 heterocycles. The van der Waals surface area contributed by atoms with Crippen LogP contribution in [0.1, 0.15) is 28.8 Å². The average molecular weight is 392 g/mol. The minimum absolute atomic E-state index is 0.0105. The molecule has 1 aliphatic rings. The van der Waals surface area contributed by atoms with Crippen LogP contribution in [0.4, 0.5) is 0 Å². The standard InChI is InChI=1S/C20H25NO3S2/c1-17-4-6-18(7-5-17)11-16-26(22,23)21(19-9-13-24-14-10-19)12-8-20-3-2-15-25-20/h2-7,11,15-16,19H,8-10,12-14H2,1H3/b16-11+. The molecule has 0 bridgehead atoms. The molecule has 0 radical (unpaired) electrons. The molecule has 1 saturated heterocycles. The smallest absolute Gasteiger partial charge is 0.236 e. The van der Waals surface area contributed by atoms with Crippen molar-refractivity contribution in [3.63, 3.8) is 0 Å². The minimum atomic E-state index is -3.48. The van der Waals surface area contributed by atoms with Crippen LogP contribution in [0.25, 0.3) is 6.08 Å². The van der Waals surface area contributed by atoms with Gasteiger partial charge in [-0.3, -0.25) is 0 Å². The summed E-state index contributed by atoms with van der Waals surface area (Å²) >= 11 is 1.67. The summed E-state index contributed by atoms with van der Waals surface area (Å²) in [5, 5.41) is 3.38. The topological polar surface area (TPSA) is 46.6 Å². The van der Waals surface area contributed by atoms with Crippen molar-refractivity contribution >= 4 is 27.4 Å². The van der Waals surface area contributed by atoms with Crippen LogP contribution in [-0.2, 0) is 21.2 Å². The van der Waals surface area contributed by atoms with Crippen molar-refractivity contribution in [2.45, 2.75) is 32.2 Å². The first-order valence-corrected chi connectivity index (χ1v) is 11.3. The molecule has 26 heavy (non-hydrogen) atoms. The first kappa shape index (κ1) is 19.3. The largest absolute Gasteiger partial charge is 0.381 e. The second-order valence-corrected chi connectivity index (χ2v) is 9.35. The molecule has 0 amide bonds. The molecule has 3 rings (SSSR count). The van der Waals surface area contributed by atoms with Gasteiger partial charge in [0.15, 0.2) is 0 Å². The molecule has 4 nitrogen and oxygen atoms in total. The van der Waals surface area contributed by atoms with E-state index in [9.17, 15) is 8.42 Å². The van der Waals surface area contributed by atoms with E-state index in [1.54, 1.807) is 21.7 Å². The number of rotatable bonds is 7. The van der Waals surface area contributed by atoms with Gasteiger partial charge >= 0.3 is 0 Å². The van der Waals surface area contributed by atoms with Crippen molar-refractivity contribution in [3.8, 4) is 0 Å². The highest BCUT2D eigenvalue weighted by atomic mass is 32.2. The normalized spacial score (nSPS) is 16.5. The van der Waals surface area contributed by atoms with Crippen LogP contribution in [-0.4, -0.2) is 38.5 Å². The van der Waals surface area contributed by atoms with Gasteiger partial charge in [0.25, 0.3) is 0 Å². The molecule has 1 fully saturated rings. The average Bonchev–Trinajstić information content (AvgIpc) is 3.16. The monoisotopic (exact) mass is 391 g/mol. The molecule has 6 heteroatoms. The van der Waals surface area contributed by atoms with Crippen molar-refractivity contribution in [2.24, 2.45) is 0 Å². The lowest BCUT2D eigenvalue weighted by molar-refractivity contribution is 0.0590. The number of nitrogens with zero attached hydrogens (tertiary/aromatic N) is 1. The number of hydrogen-bond donors (Lipinski definition) is 0. The highest BCUT2D eigenvalue weighted by Crippen LogP contribution is 2.21. The van der Waals surface area contributed by atoms with E-state index in [2.05, 4.69) is 6.07 Å². The Morgan fingerprint density at radius 1 is 1.19 bits per heavy atom. The number of ether oxygens (including phenoxy) is 1. The molecule has 0 saturated carbocycles. The summed E-state index contributed by atoms with van der Waals surface area (Å²) in [6.07, 6.45) is 3.93. The van der Waals surface area contributed by atoms with Gasteiger partial charge in [-0.2, -0.15) is 4.31 Å².